The number of nitrogens with zero attached hydrogens (tertiary/aromatic N) is 4. The predicted molar refractivity (Wildman–Crippen MR) is 132 cm³/mol. The molecule has 1 aliphatic heterocycles. The molecule has 2 aliphatic rings. The SMILES string of the molecule is O=C(c1c[nH]c2ccccc12)C(Sc1nnc(N2CCCCC2)n1C1CC1)c1ccccc1. The fraction of sp³-hybridized carbons (Fsp3) is 0.346. The van der Waals surface area contributed by atoms with Gasteiger partial charge in [-0.15, -0.1) is 10.2 Å². The second kappa shape index (κ2) is 8.71. The molecule has 4 aromatic rings. The largest absolute Gasteiger partial charge is 0.360 e. The number of aromatic nitrogens is 4. The van der Waals surface area contributed by atoms with E-state index in [0.717, 1.165) is 59.1 Å². The van der Waals surface area contributed by atoms with E-state index in [0.29, 0.717) is 6.04 Å². The minimum absolute atomic E-state index is 0.0912. The van der Waals surface area contributed by atoms with Crippen molar-refractivity contribution in [1.82, 2.24) is 19.7 Å². The number of ketones is 1. The number of carbonyl (C=O) groups excluding carboxylic acids is 1. The quantitative estimate of drug-likeness (QED) is 0.281. The second-order valence-electron chi connectivity index (χ2n) is 8.95. The number of fused-ring (bicyclic) bond motifs is 1. The highest BCUT2D eigenvalue weighted by Crippen LogP contribution is 2.45. The molecule has 0 amide bonds. The first-order valence-electron chi connectivity index (χ1n) is 11.8. The van der Waals surface area contributed by atoms with Gasteiger partial charge in [-0.05, 0) is 43.7 Å². The lowest BCUT2D eigenvalue weighted by molar-refractivity contribution is 0.0991. The molecule has 1 saturated heterocycles. The van der Waals surface area contributed by atoms with E-state index < -0.39 is 0 Å². The summed E-state index contributed by atoms with van der Waals surface area (Å²) in [6.45, 7) is 2.07. The summed E-state index contributed by atoms with van der Waals surface area (Å²) in [5.41, 5.74) is 2.69. The molecule has 1 unspecified atom stereocenters. The molecule has 2 fully saturated rings. The lowest BCUT2D eigenvalue weighted by Crippen LogP contribution is -2.32. The van der Waals surface area contributed by atoms with Gasteiger partial charge in [0, 0.05) is 41.8 Å². The van der Waals surface area contributed by atoms with Crippen LogP contribution in [-0.4, -0.2) is 38.6 Å². The Kier molecular flexibility index (Phi) is 5.42. The molecule has 2 aromatic carbocycles. The highest BCUT2D eigenvalue weighted by molar-refractivity contribution is 8.00. The Morgan fingerprint density at radius 1 is 0.970 bits per heavy atom. The van der Waals surface area contributed by atoms with Crippen molar-refractivity contribution in [3.05, 3.63) is 71.9 Å². The molecule has 2 aromatic heterocycles. The van der Waals surface area contributed by atoms with Crippen LogP contribution in [0.25, 0.3) is 10.9 Å². The second-order valence-corrected chi connectivity index (χ2v) is 10.0. The summed E-state index contributed by atoms with van der Waals surface area (Å²) >= 11 is 1.54. The number of hydrogen-bond donors (Lipinski definition) is 1. The zero-order valence-electron chi connectivity index (χ0n) is 18.5. The van der Waals surface area contributed by atoms with E-state index in [1.165, 1.54) is 31.0 Å². The van der Waals surface area contributed by atoms with Gasteiger partial charge in [0.15, 0.2) is 10.9 Å². The fourth-order valence-corrected chi connectivity index (χ4v) is 5.90. The Bertz CT molecular complexity index is 1270. The third-order valence-corrected chi connectivity index (χ3v) is 7.83. The molecule has 6 nitrogen and oxygen atoms in total. The molecule has 6 rings (SSSR count). The first-order chi connectivity index (χ1) is 16.3. The van der Waals surface area contributed by atoms with Gasteiger partial charge in [0.05, 0.1) is 0 Å². The number of Topliss-reactive ketones (excluding diaryl/α,β-unsaturated/α-hetero) is 1. The number of piperidine rings is 1. The van der Waals surface area contributed by atoms with Gasteiger partial charge in [0.2, 0.25) is 5.95 Å². The topological polar surface area (TPSA) is 66.8 Å². The number of benzene rings is 2. The van der Waals surface area contributed by atoms with Crippen molar-refractivity contribution in [2.24, 2.45) is 0 Å². The zero-order valence-corrected chi connectivity index (χ0v) is 19.3. The van der Waals surface area contributed by atoms with Gasteiger partial charge < -0.3 is 9.88 Å². The molecule has 3 heterocycles. The number of thioether (sulfide) groups is 1. The molecule has 168 valence electrons. The van der Waals surface area contributed by atoms with Gasteiger partial charge in [-0.25, -0.2) is 0 Å². The van der Waals surface area contributed by atoms with Crippen LogP contribution in [0, 0.1) is 0 Å². The summed E-state index contributed by atoms with van der Waals surface area (Å²) in [4.78, 5) is 19.6. The summed E-state index contributed by atoms with van der Waals surface area (Å²) in [5, 5.41) is 10.7. The molecule has 1 N–H and O–H groups in total. The number of H-pyrrole nitrogens is 1. The smallest absolute Gasteiger partial charge is 0.228 e. The Balaban J connectivity index is 1.38. The number of hydrogen-bond acceptors (Lipinski definition) is 5. The van der Waals surface area contributed by atoms with E-state index in [9.17, 15) is 4.79 Å². The van der Waals surface area contributed by atoms with Crippen molar-refractivity contribution in [3.63, 3.8) is 0 Å². The maximum Gasteiger partial charge on any atom is 0.228 e. The van der Waals surface area contributed by atoms with Gasteiger partial charge in [-0.1, -0.05) is 60.3 Å². The van der Waals surface area contributed by atoms with Crippen molar-refractivity contribution in [3.8, 4) is 0 Å². The van der Waals surface area contributed by atoms with E-state index in [1.54, 1.807) is 0 Å². The first kappa shape index (κ1) is 20.5. The maximum atomic E-state index is 13.9. The van der Waals surface area contributed by atoms with Crippen LogP contribution >= 0.6 is 11.8 Å². The number of aromatic amines is 1. The van der Waals surface area contributed by atoms with Crippen LogP contribution in [0.1, 0.15) is 59.3 Å². The maximum absolute atomic E-state index is 13.9. The fourth-order valence-electron chi connectivity index (χ4n) is 4.73. The number of para-hydroxylation sites is 1. The van der Waals surface area contributed by atoms with Crippen molar-refractivity contribution < 1.29 is 4.79 Å². The lowest BCUT2D eigenvalue weighted by Gasteiger charge is -2.28. The van der Waals surface area contributed by atoms with Crippen LogP contribution in [0.4, 0.5) is 5.95 Å². The Morgan fingerprint density at radius 2 is 1.73 bits per heavy atom. The summed E-state index contributed by atoms with van der Waals surface area (Å²) in [6, 6.07) is 18.5. The van der Waals surface area contributed by atoms with E-state index in [1.807, 2.05) is 60.8 Å². The van der Waals surface area contributed by atoms with E-state index in [2.05, 4.69) is 24.6 Å². The molecule has 0 radical (unpaired) electrons. The number of nitrogens with one attached hydrogen (secondary N) is 1. The zero-order chi connectivity index (χ0) is 22.2. The standard InChI is InChI=1S/C26H27N5OS/c32-23(21-17-27-22-12-6-5-11-20(21)22)24(18-9-3-1-4-10-18)33-26-29-28-25(31(26)19-13-14-19)30-15-7-2-8-16-30/h1,3-6,9-12,17,19,24,27H,2,7-8,13-16H2. The van der Waals surface area contributed by atoms with E-state index in [4.69, 9.17) is 0 Å². The van der Waals surface area contributed by atoms with Crippen molar-refractivity contribution in [1.29, 1.82) is 0 Å². The van der Waals surface area contributed by atoms with Gasteiger partial charge in [-0.2, -0.15) is 0 Å². The van der Waals surface area contributed by atoms with Crippen molar-refractivity contribution >= 4 is 34.4 Å². The number of carbonyl (C=O) groups is 1. The highest BCUT2D eigenvalue weighted by atomic mass is 32.2. The lowest BCUT2D eigenvalue weighted by atomic mass is 10.0. The summed E-state index contributed by atoms with van der Waals surface area (Å²) < 4.78 is 2.30. The summed E-state index contributed by atoms with van der Waals surface area (Å²) in [5.74, 6) is 1.07. The molecular formula is C26H27N5OS. The monoisotopic (exact) mass is 457 g/mol. The Labute approximate surface area is 197 Å². The molecular weight excluding hydrogens is 430 g/mol. The number of anilines is 1. The van der Waals surface area contributed by atoms with Crippen molar-refractivity contribution in [2.75, 3.05) is 18.0 Å². The Hall–Kier alpha value is -3.06. The van der Waals surface area contributed by atoms with Crippen molar-refractivity contribution in [2.45, 2.75) is 48.6 Å². The Morgan fingerprint density at radius 3 is 2.52 bits per heavy atom. The van der Waals surface area contributed by atoms with Crippen LogP contribution in [-0.2, 0) is 0 Å². The van der Waals surface area contributed by atoms with E-state index >= 15 is 0 Å². The minimum atomic E-state index is -0.388. The minimum Gasteiger partial charge on any atom is -0.360 e. The van der Waals surface area contributed by atoms with Crippen LogP contribution in [0.15, 0.2) is 66.0 Å². The normalized spacial score (nSPS) is 17.4. The number of rotatable bonds is 7. The van der Waals surface area contributed by atoms with Crippen LogP contribution in [0.2, 0.25) is 0 Å². The van der Waals surface area contributed by atoms with Crippen LogP contribution < -0.4 is 4.90 Å². The molecule has 0 spiro atoms. The average Bonchev–Trinajstić information content (AvgIpc) is 3.48. The van der Waals surface area contributed by atoms with Gasteiger partial charge in [0.25, 0.3) is 0 Å². The van der Waals surface area contributed by atoms with E-state index in [-0.39, 0.29) is 11.0 Å². The predicted octanol–water partition coefficient (Wildman–Crippen LogP) is 5.80. The van der Waals surface area contributed by atoms with Crippen LogP contribution in [0.5, 0.6) is 0 Å². The molecule has 0 bridgehead atoms. The first-order valence-corrected chi connectivity index (χ1v) is 12.7. The molecule has 1 saturated carbocycles. The molecule has 7 heteroatoms. The highest BCUT2D eigenvalue weighted by Gasteiger charge is 2.35. The summed E-state index contributed by atoms with van der Waals surface area (Å²) in [6.07, 6.45) is 7.83. The van der Waals surface area contributed by atoms with Gasteiger partial charge in [-0.3, -0.25) is 9.36 Å². The average molecular weight is 458 g/mol. The molecule has 1 aliphatic carbocycles. The van der Waals surface area contributed by atoms with Gasteiger partial charge in [0.1, 0.15) is 5.25 Å². The third kappa shape index (κ3) is 3.95. The summed E-state index contributed by atoms with van der Waals surface area (Å²) in [7, 11) is 0. The van der Waals surface area contributed by atoms with Gasteiger partial charge >= 0.3 is 0 Å². The molecule has 1 atom stereocenters. The third-order valence-electron chi connectivity index (χ3n) is 6.62. The molecule has 33 heavy (non-hydrogen) atoms. The van der Waals surface area contributed by atoms with Crippen LogP contribution in [0.3, 0.4) is 0 Å².